The molecule has 0 spiro atoms. The summed E-state index contributed by atoms with van der Waals surface area (Å²) >= 11 is 9.42. The molecule has 0 aromatic rings. The monoisotopic (exact) mass is 302 g/mol. The molecule has 2 fully saturated rings. The first-order valence-corrected chi connectivity index (χ1v) is 9.14. The fraction of sp³-hybridized carbons (Fsp3) is 1.00. The zero-order valence-electron chi connectivity index (χ0n) is 13.4. The van der Waals surface area contributed by atoms with Gasteiger partial charge in [0.2, 0.25) is 0 Å². The molecule has 0 radical (unpaired) electrons. The standard InChI is InChI=1S/C9H18S.C8H16S/c1-8(2)9(10)6-4-3-5-7-9;1-7(2)8(9)5-3-4-6-8/h8,10H,3-7H2,1-2H3;7,9H,3-6H2,1-2H3. The van der Waals surface area contributed by atoms with Crippen molar-refractivity contribution < 1.29 is 0 Å². The molecule has 0 N–H and O–H groups in total. The second-order valence-electron chi connectivity index (χ2n) is 7.28. The maximum atomic E-state index is 4.74. The third-order valence-corrected chi connectivity index (χ3v) is 7.27. The van der Waals surface area contributed by atoms with Crippen LogP contribution in [0, 0.1) is 11.8 Å². The minimum atomic E-state index is 0.373. The lowest BCUT2D eigenvalue weighted by Gasteiger charge is -2.36. The van der Waals surface area contributed by atoms with E-state index < -0.39 is 0 Å². The topological polar surface area (TPSA) is 0 Å². The van der Waals surface area contributed by atoms with E-state index in [9.17, 15) is 0 Å². The highest BCUT2D eigenvalue weighted by Gasteiger charge is 2.32. The van der Waals surface area contributed by atoms with E-state index >= 15 is 0 Å². The van der Waals surface area contributed by atoms with Gasteiger partial charge in [-0.05, 0) is 37.5 Å². The molecule has 114 valence electrons. The van der Waals surface area contributed by atoms with E-state index in [2.05, 4.69) is 40.3 Å². The van der Waals surface area contributed by atoms with Crippen molar-refractivity contribution in [2.24, 2.45) is 11.8 Å². The van der Waals surface area contributed by atoms with E-state index in [4.69, 9.17) is 12.6 Å². The second-order valence-corrected chi connectivity index (χ2v) is 9.07. The van der Waals surface area contributed by atoms with Gasteiger partial charge in [-0.2, -0.15) is 25.3 Å². The van der Waals surface area contributed by atoms with Gasteiger partial charge in [-0.15, -0.1) is 0 Å². The molecule has 0 saturated heterocycles. The molecule has 0 nitrogen and oxygen atoms in total. The quantitative estimate of drug-likeness (QED) is 0.561. The molecule has 0 bridgehead atoms. The number of rotatable bonds is 2. The van der Waals surface area contributed by atoms with Crippen LogP contribution in [0.2, 0.25) is 0 Å². The van der Waals surface area contributed by atoms with Crippen LogP contribution in [0.3, 0.4) is 0 Å². The fourth-order valence-electron chi connectivity index (χ4n) is 3.31. The normalized spacial score (nSPS) is 25.3. The maximum absolute atomic E-state index is 4.74. The van der Waals surface area contributed by atoms with Crippen molar-refractivity contribution in [3.05, 3.63) is 0 Å². The van der Waals surface area contributed by atoms with Crippen molar-refractivity contribution in [1.29, 1.82) is 0 Å². The van der Waals surface area contributed by atoms with Crippen LogP contribution in [0.15, 0.2) is 0 Å². The molecule has 0 atom stereocenters. The first-order valence-electron chi connectivity index (χ1n) is 8.25. The molecule has 0 aliphatic heterocycles. The van der Waals surface area contributed by atoms with Crippen molar-refractivity contribution in [3.63, 3.8) is 0 Å². The van der Waals surface area contributed by atoms with Crippen LogP contribution in [0.25, 0.3) is 0 Å². The van der Waals surface area contributed by atoms with Gasteiger partial charge in [-0.3, -0.25) is 0 Å². The summed E-state index contributed by atoms with van der Waals surface area (Å²) in [5, 5.41) is 0. The molecule has 0 unspecified atom stereocenters. The molecular weight excluding hydrogens is 268 g/mol. The third kappa shape index (κ3) is 5.19. The van der Waals surface area contributed by atoms with Gasteiger partial charge in [0.15, 0.2) is 0 Å². The lowest BCUT2D eigenvalue weighted by atomic mass is 9.81. The predicted octanol–water partition coefficient (Wildman–Crippen LogP) is 6.16. The van der Waals surface area contributed by atoms with E-state index in [1.807, 2.05) is 0 Å². The van der Waals surface area contributed by atoms with Crippen molar-refractivity contribution in [3.8, 4) is 0 Å². The highest BCUT2D eigenvalue weighted by molar-refractivity contribution is 7.82. The molecular formula is C17H34S2. The minimum absolute atomic E-state index is 0.373. The minimum Gasteiger partial charge on any atom is -0.172 e. The SMILES string of the molecule is CC(C)C1(S)CCCC1.CC(C)C1(S)CCCCC1. The lowest BCUT2D eigenvalue weighted by Crippen LogP contribution is -2.30. The molecule has 2 aliphatic carbocycles. The van der Waals surface area contributed by atoms with Crippen molar-refractivity contribution in [2.75, 3.05) is 0 Å². The first kappa shape index (κ1) is 17.8. The van der Waals surface area contributed by atoms with Gasteiger partial charge < -0.3 is 0 Å². The van der Waals surface area contributed by atoms with E-state index in [-0.39, 0.29) is 0 Å². The van der Waals surface area contributed by atoms with Crippen LogP contribution >= 0.6 is 25.3 Å². The summed E-state index contributed by atoms with van der Waals surface area (Å²) in [6, 6.07) is 0. The number of hydrogen-bond donors (Lipinski definition) is 2. The van der Waals surface area contributed by atoms with Gasteiger partial charge in [0.1, 0.15) is 0 Å². The van der Waals surface area contributed by atoms with Crippen molar-refractivity contribution >= 4 is 25.3 Å². The Balaban J connectivity index is 0.000000191. The van der Waals surface area contributed by atoms with E-state index in [0.29, 0.717) is 9.49 Å². The Morgan fingerprint density at radius 1 is 0.579 bits per heavy atom. The summed E-state index contributed by atoms with van der Waals surface area (Å²) in [4.78, 5) is 0. The molecule has 0 heterocycles. The van der Waals surface area contributed by atoms with Crippen LogP contribution in [-0.4, -0.2) is 9.49 Å². The van der Waals surface area contributed by atoms with Crippen LogP contribution in [0.4, 0.5) is 0 Å². The van der Waals surface area contributed by atoms with Gasteiger partial charge in [0.25, 0.3) is 0 Å². The van der Waals surface area contributed by atoms with Gasteiger partial charge in [-0.1, -0.05) is 59.8 Å². The lowest BCUT2D eigenvalue weighted by molar-refractivity contribution is 0.322. The molecule has 0 aromatic heterocycles. The molecule has 0 aromatic carbocycles. The van der Waals surface area contributed by atoms with Crippen LogP contribution in [0.5, 0.6) is 0 Å². The highest BCUT2D eigenvalue weighted by Crippen LogP contribution is 2.41. The van der Waals surface area contributed by atoms with Gasteiger partial charge >= 0.3 is 0 Å². The Hall–Kier alpha value is 0.700. The van der Waals surface area contributed by atoms with E-state index in [0.717, 1.165) is 11.8 Å². The first-order chi connectivity index (χ1) is 8.80. The summed E-state index contributed by atoms with van der Waals surface area (Å²) in [6.45, 7) is 9.13. The third-order valence-electron chi connectivity index (χ3n) is 5.34. The zero-order valence-corrected chi connectivity index (χ0v) is 15.2. The van der Waals surface area contributed by atoms with Gasteiger partial charge in [-0.25, -0.2) is 0 Å². The van der Waals surface area contributed by atoms with Crippen LogP contribution in [0.1, 0.15) is 85.5 Å². The fourth-order valence-corrected chi connectivity index (χ4v) is 3.94. The highest BCUT2D eigenvalue weighted by atomic mass is 32.1. The summed E-state index contributed by atoms with van der Waals surface area (Å²) in [7, 11) is 0. The number of hydrogen-bond acceptors (Lipinski definition) is 2. The largest absolute Gasteiger partial charge is 0.172 e. The Kier molecular flexibility index (Phi) is 7.13. The molecule has 2 heteroatoms. The van der Waals surface area contributed by atoms with Crippen LogP contribution in [-0.2, 0) is 0 Å². The van der Waals surface area contributed by atoms with Crippen LogP contribution < -0.4 is 0 Å². The van der Waals surface area contributed by atoms with Gasteiger partial charge in [0, 0.05) is 9.49 Å². The molecule has 2 saturated carbocycles. The molecule has 2 aliphatic rings. The zero-order chi connectivity index (χ0) is 14.5. The molecule has 19 heavy (non-hydrogen) atoms. The van der Waals surface area contributed by atoms with E-state index in [1.165, 1.54) is 57.8 Å². The maximum Gasteiger partial charge on any atom is 0.0152 e. The Morgan fingerprint density at radius 3 is 1.05 bits per heavy atom. The number of thiol groups is 2. The Labute approximate surface area is 132 Å². The molecule has 2 rings (SSSR count). The summed E-state index contributed by atoms with van der Waals surface area (Å²) in [5.74, 6) is 1.50. The Morgan fingerprint density at radius 2 is 0.842 bits per heavy atom. The predicted molar refractivity (Wildman–Crippen MR) is 94.7 cm³/mol. The smallest absolute Gasteiger partial charge is 0.0152 e. The average molecular weight is 303 g/mol. The molecule has 0 amide bonds. The summed E-state index contributed by atoms with van der Waals surface area (Å²) < 4.78 is 0.762. The van der Waals surface area contributed by atoms with Gasteiger partial charge in [0.05, 0.1) is 0 Å². The summed E-state index contributed by atoms with van der Waals surface area (Å²) in [6.07, 6.45) is 12.3. The second kappa shape index (κ2) is 7.64. The average Bonchev–Trinajstić information content (AvgIpc) is 2.79. The van der Waals surface area contributed by atoms with Crippen molar-refractivity contribution in [2.45, 2.75) is 95.0 Å². The Bertz CT molecular complexity index is 246. The van der Waals surface area contributed by atoms with Crippen molar-refractivity contribution in [1.82, 2.24) is 0 Å². The summed E-state index contributed by atoms with van der Waals surface area (Å²) in [5.41, 5.74) is 0. The van der Waals surface area contributed by atoms with E-state index in [1.54, 1.807) is 0 Å².